The second kappa shape index (κ2) is 6.33. The molecule has 0 saturated heterocycles. The quantitative estimate of drug-likeness (QED) is 0.739. The van der Waals surface area contributed by atoms with Gasteiger partial charge in [-0.05, 0) is 31.2 Å². The molecule has 19 heavy (non-hydrogen) atoms. The van der Waals surface area contributed by atoms with Crippen LogP contribution in [-0.2, 0) is 14.8 Å². The van der Waals surface area contributed by atoms with Crippen molar-refractivity contribution in [2.75, 3.05) is 10.5 Å². The molecule has 0 aliphatic heterocycles. The molecule has 7 heteroatoms. The van der Waals surface area contributed by atoms with Crippen LogP contribution >= 0.6 is 0 Å². The number of carboxylic acids is 1. The number of hydrogen-bond acceptors (Lipinski definition) is 4. The SMILES string of the molecule is CCS(=O)(=O)Nc1ccc(C(=O)CCC(=O)O)cc1. The lowest BCUT2D eigenvalue weighted by molar-refractivity contribution is -0.136. The Bertz CT molecular complexity index is 562. The van der Waals surface area contributed by atoms with Crippen molar-refractivity contribution in [1.82, 2.24) is 0 Å². The molecule has 1 aromatic carbocycles. The average molecular weight is 285 g/mol. The lowest BCUT2D eigenvalue weighted by Crippen LogP contribution is -2.14. The molecule has 0 heterocycles. The molecule has 0 amide bonds. The summed E-state index contributed by atoms with van der Waals surface area (Å²) in [5, 5.41) is 8.48. The molecular weight excluding hydrogens is 270 g/mol. The summed E-state index contributed by atoms with van der Waals surface area (Å²) >= 11 is 0. The van der Waals surface area contributed by atoms with Crippen molar-refractivity contribution in [1.29, 1.82) is 0 Å². The van der Waals surface area contributed by atoms with Crippen molar-refractivity contribution < 1.29 is 23.1 Å². The van der Waals surface area contributed by atoms with Crippen molar-refractivity contribution in [3.05, 3.63) is 29.8 Å². The molecule has 0 unspecified atom stereocenters. The Morgan fingerprint density at radius 3 is 2.21 bits per heavy atom. The molecule has 0 aromatic heterocycles. The maximum absolute atomic E-state index is 11.6. The molecule has 0 radical (unpaired) electrons. The van der Waals surface area contributed by atoms with Crippen LogP contribution in [0.3, 0.4) is 0 Å². The monoisotopic (exact) mass is 285 g/mol. The maximum atomic E-state index is 11.6. The van der Waals surface area contributed by atoms with Crippen molar-refractivity contribution >= 4 is 27.5 Å². The minimum absolute atomic E-state index is 0.0354. The largest absolute Gasteiger partial charge is 0.481 e. The van der Waals surface area contributed by atoms with E-state index in [0.29, 0.717) is 11.3 Å². The van der Waals surface area contributed by atoms with Gasteiger partial charge in [0.05, 0.1) is 12.2 Å². The zero-order chi connectivity index (χ0) is 14.5. The van der Waals surface area contributed by atoms with Gasteiger partial charge in [-0.3, -0.25) is 14.3 Å². The zero-order valence-electron chi connectivity index (χ0n) is 10.4. The van der Waals surface area contributed by atoms with Gasteiger partial charge in [0, 0.05) is 17.7 Å². The van der Waals surface area contributed by atoms with E-state index in [2.05, 4.69) is 4.72 Å². The standard InChI is InChI=1S/C12H15NO5S/c1-2-19(17,18)13-10-5-3-9(4-6-10)11(14)7-8-12(15)16/h3-6,13H,2,7-8H2,1H3,(H,15,16). The first-order valence-corrected chi connectivity index (χ1v) is 7.35. The van der Waals surface area contributed by atoms with Crippen LogP contribution in [0.2, 0.25) is 0 Å². The van der Waals surface area contributed by atoms with Gasteiger partial charge in [-0.2, -0.15) is 0 Å². The molecule has 1 aromatic rings. The van der Waals surface area contributed by atoms with E-state index in [1.807, 2.05) is 0 Å². The summed E-state index contributed by atoms with van der Waals surface area (Å²) < 4.78 is 25.0. The Balaban J connectivity index is 2.71. The van der Waals surface area contributed by atoms with Crippen LogP contribution in [0.25, 0.3) is 0 Å². The van der Waals surface area contributed by atoms with Gasteiger partial charge in [0.25, 0.3) is 0 Å². The van der Waals surface area contributed by atoms with Crippen molar-refractivity contribution in [2.45, 2.75) is 19.8 Å². The van der Waals surface area contributed by atoms with Gasteiger partial charge in [0.2, 0.25) is 10.0 Å². The summed E-state index contributed by atoms with van der Waals surface area (Å²) in [6.07, 6.45) is -0.293. The van der Waals surface area contributed by atoms with E-state index in [9.17, 15) is 18.0 Å². The third kappa shape index (κ3) is 5.09. The first-order valence-electron chi connectivity index (χ1n) is 5.69. The predicted octanol–water partition coefficient (Wildman–Crippen LogP) is 1.50. The second-order valence-corrected chi connectivity index (χ2v) is 5.91. The number of ketones is 1. The van der Waals surface area contributed by atoms with Crippen molar-refractivity contribution in [3.8, 4) is 0 Å². The number of rotatable bonds is 7. The topological polar surface area (TPSA) is 101 Å². The number of sulfonamides is 1. The Morgan fingerprint density at radius 2 is 1.74 bits per heavy atom. The van der Waals surface area contributed by atoms with Crippen LogP contribution in [0.15, 0.2) is 24.3 Å². The van der Waals surface area contributed by atoms with Gasteiger partial charge in [-0.15, -0.1) is 0 Å². The molecule has 0 fully saturated rings. The zero-order valence-corrected chi connectivity index (χ0v) is 11.2. The van der Waals surface area contributed by atoms with Crippen molar-refractivity contribution in [2.24, 2.45) is 0 Å². The minimum atomic E-state index is -3.34. The fourth-order valence-electron chi connectivity index (χ4n) is 1.34. The van der Waals surface area contributed by atoms with Crippen LogP contribution in [0.5, 0.6) is 0 Å². The molecule has 2 N–H and O–H groups in total. The second-order valence-electron chi connectivity index (χ2n) is 3.90. The van der Waals surface area contributed by atoms with Gasteiger partial charge in [-0.25, -0.2) is 8.42 Å². The van der Waals surface area contributed by atoms with Gasteiger partial charge in [-0.1, -0.05) is 0 Å². The number of carbonyl (C=O) groups is 2. The van der Waals surface area contributed by atoms with E-state index in [4.69, 9.17) is 5.11 Å². The third-order valence-corrected chi connectivity index (χ3v) is 3.73. The number of nitrogens with one attached hydrogen (secondary N) is 1. The fraction of sp³-hybridized carbons (Fsp3) is 0.333. The molecule has 0 spiro atoms. The molecule has 104 valence electrons. The Labute approximate surface area is 111 Å². The molecule has 0 aliphatic rings. The maximum Gasteiger partial charge on any atom is 0.303 e. The normalized spacial score (nSPS) is 11.0. The molecule has 6 nitrogen and oxygen atoms in total. The number of Topliss-reactive ketones (excluding diaryl/α,β-unsaturated/α-hetero) is 1. The highest BCUT2D eigenvalue weighted by molar-refractivity contribution is 7.92. The smallest absolute Gasteiger partial charge is 0.303 e. The van der Waals surface area contributed by atoms with Crippen LogP contribution in [0.1, 0.15) is 30.1 Å². The summed E-state index contributed by atoms with van der Waals surface area (Å²) in [6.45, 7) is 1.52. The Kier molecular flexibility index (Phi) is 5.05. The van der Waals surface area contributed by atoms with Gasteiger partial charge in [0.1, 0.15) is 0 Å². The fourth-order valence-corrected chi connectivity index (χ4v) is 1.98. The van der Waals surface area contributed by atoms with E-state index in [1.165, 1.54) is 31.2 Å². The number of aliphatic carboxylic acids is 1. The summed E-state index contributed by atoms with van der Waals surface area (Å²) in [6, 6.07) is 5.89. The van der Waals surface area contributed by atoms with Gasteiger partial charge >= 0.3 is 5.97 Å². The first-order chi connectivity index (χ1) is 8.84. The Hall–Kier alpha value is -1.89. The van der Waals surface area contributed by atoms with Crippen LogP contribution in [0, 0.1) is 0 Å². The highest BCUT2D eigenvalue weighted by Crippen LogP contribution is 2.13. The average Bonchev–Trinajstić information content (AvgIpc) is 2.36. The van der Waals surface area contributed by atoms with Gasteiger partial charge < -0.3 is 5.11 Å². The molecule has 0 aliphatic carbocycles. The van der Waals surface area contributed by atoms with E-state index >= 15 is 0 Å². The molecular formula is C12H15NO5S. The highest BCUT2D eigenvalue weighted by Gasteiger charge is 2.10. The number of carbonyl (C=O) groups excluding carboxylic acids is 1. The summed E-state index contributed by atoms with van der Waals surface area (Å²) in [4.78, 5) is 21.9. The molecule has 1 rings (SSSR count). The molecule has 0 bridgehead atoms. The number of hydrogen-bond donors (Lipinski definition) is 2. The first kappa shape index (κ1) is 15.2. The van der Waals surface area contributed by atoms with E-state index in [0.717, 1.165) is 0 Å². The van der Waals surface area contributed by atoms with E-state index in [1.54, 1.807) is 0 Å². The van der Waals surface area contributed by atoms with Crippen LogP contribution in [0.4, 0.5) is 5.69 Å². The third-order valence-electron chi connectivity index (χ3n) is 2.43. The predicted molar refractivity (Wildman–Crippen MR) is 70.7 cm³/mol. The Morgan fingerprint density at radius 1 is 1.16 bits per heavy atom. The number of anilines is 1. The van der Waals surface area contributed by atoms with E-state index < -0.39 is 16.0 Å². The molecule has 0 atom stereocenters. The summed E-state index contributed by atoms with van der Waals surface area (Å²) in [7, 11) is -3.34. The lowest BCUT2D eigenvalue weighted by Gasteiger charge is -2.06. The van der Waals surface area contributed by atoms with Crippen molar-refractivity contribution in [3.63, 3.8) is 0 Å². The molecule has 0 saturated carbocycles. The van der Waals surface area contributed by atoms with Crippen LogP contribution in [-0.4, -0.2) is 31.0 Å². The van der Waals surface area contributed by atoms with Gasteiger partial charge in [0.15, 0.2) is 5.78 Å². The summed E-state index contributed by atoms with van der Waals surface area (Å²) in [5.74, 6) is -1.35. The van der Waals surface area contributed by atoms with E-state index in [-0.39, 0.29) is 24.4 Å². The highest BCUT2D eigenvalue weighted by atomic mass is 32.2. The summed E-state index contributed by atoms with van der Waals surface area (Å²) in [5.41, 5.74) is 0.734. The number of benzene rings is 1. The minimum Gasteiger partial charge on any atom is -0.481 e. The lowest BCUT2D eigenvalue weighted by atomic mass is 10.1. The van der Waals surface area contributed by atoms with Crippen LogP contribution < -0.4 is 4.72 Å². The number of carboxylic acid groups (broad SMARTS) is 1.